The zero-order chi connectivity index (χ0) is 31.8. The van der Waals surface area contributed by atoms with Crippen LogP contribution in [0.1, 0.15) is 39.4 Å². The van der Waals surface area contributed by atoms with Gasteiger partial charge in [-0.2, -0.15) is 18.4 Å². The minimum absolute atomic E-state index is 0.0195. The summed E-state index contributed by atoms with van der Waals surface area (Å²) in [5.41, 5.74) is 1.89. The molecule has 1 aliphatic carbocycles. The van der Waals surface area contributed by atoms with Crippen molar-refractivity contribution in [1.82, 2.24) is 25.5 Å². The summed E-state index contributed by atoms with van der Waals surface area (Å²) in [6.45, 7) is 0.370. The van der Waals surface area contributed by atoms with Crippen molar-refractivity contribution < 1.29 is 27.2 Å². The van der Waals surface area contributed by atoms with E-state index in [0.717, 1.165) is 17.2 Å². The molecule has 2 N–H and O–H groups in total. The third kappa shape index (κ3) is 8.37. The number of anilines is 1. The SMILES string of the molecule is O=C(Nc1nn[nH]n1)c1ccc(CN(CC(c2ccccc2)c2ccccc2)C(=O)/C=C/C2C=C(C(F)(F)F)C=C(F)C2)cc1. The van der Waals surface area contributed by atoms with E-state index in [-0.39, 0.29) is 31.4 Å². The highest BCUT2D eigenvalue weighted by Gasteiger charge is 2.35. The fourth-order valence-electron chi connectivity index (χ4n) is 5.00. The number of rotatable bonds is 10. The number of alkyl halides is 3. The second-order valence-corrected chi connectivity index (χ2v) is 10.4. The highest BCUT2D eigenvalue weighted by atomic mass is 19.4. The molecule has 230 valence electrons. The number of nitrogens with zero attached hydrogens (tertiary/aromatic N) is 4. The van der Waals surface area contributed by atoms with Gasteiger partial charge in [-0.25, -0.2) is 4.39 Å². The van der Waals surface area contributed by atoms with E-state index in [9.17, 15) is 27.2 Å². The highest BCUT2D eigenvalue weighted by molar-refractivity contribution is 6.03. The van der Waals surface area contributed by atoms with Crippen LogP contribution in [0.25, 0.3) is 0 Å². The topological polar surface area (TPSA) is 104 Å². The molecule has 1 aliphatic rings. The molecule has 0 bridgehead atoms. The number of hydrogen-bond donors (Lipinski definition) is 2. The standard InChI is InChI=1S/C33H28F4N6O2/c34-28-18-23(17-27(19-28)33(35,36)37)13-16-30(44)43(21-29(24-7-3-1-4-8-24)25-9-5-2-6-10-25)20-22-11-14-26(15-12-22)31(45)38-32-39-41-42-40-32/h1-17,19,23,29H,18,20-21H2,(H2,38,39,40,41,42,45)/b16-13+. The van der Waals surface area contributed by atoms with Crippen LogP contribution in [0.5, 0.6) is 0 Å². The molecule has 5 rings (SSSR count). The first kappa shape index (κ1) is 31.0. The third-order valence-corrected chi connectivity index (χ3v) is 7.23. The van der Waals surface area contributed by atoms with Gasteiger partial charge in [-0.15, -0.1) is 5.10 Å². The summed E-state index contributed by atoms with van der Waals surface area (Å²) in [5.74, 6) is -2.95. The maximum Gasteiger partial charge on any atom is 0.416 e. The average molecular weight is 617 g/mol. The summed E-state index contributed by atoms with van der Waals surface area (Å²) in [4.78, 5) is 27.8. The minimum Gasteiger partial charge on any atom is -0.334 e. The number of amides is 2. The number of allylic oxidation sites excluding steroid dienone is 5. The predicted octanol–water partition coefficient (Wildman–Crippen LogP) is 6.53. The van der Waals surface area contributed by atoms with E-state index in [1.54, 1.807) is 29.2 Å². The molecule has 3 aromatic carbocycles. The monoisotopic (exact) mass is 616 g/mol. The van der Waals surface area contributed by atoms with Gasteiger partial charge < -0.3 is 4.90 Å². The summed E-state index contributed by atoms with van der Waals surface area (Å²) in [7, 11) is 0. The Bertz CT molecular complexity index is 1650. The number of carbonyl (C=O) groups is 2. The van der Waals surface area contributed by atoms with Gasteiger partial charge in [-0.05, 0) is 46.2 Å². The first-order valence-electron chi connectivity index (χ1n) is 14.0. The maximum absolute atomic E-state index is 14.1. The van der Waals surface area contributed by atoms with Crippen LogP contribution in [0, 0.1) is 5.92 Å². The number of aromatic amines is 1. The summed E-state index contributed by atoms with van der Waals surface area (Å²) in [6, 6.07) is 25.9. The van der Waals surface area contributed by atoms with Gasteiger partial charge in [0, 0.05) is 36.9 Å². The number of tetrazole rings is 1. The van der Waals surface area contributed by atoms with Crippen molar-refractivity contribution in [2.75, 3.05) is 11.9 Å². The molecule has 0 saturated carbocycles. The Hall–Kier alpha value is -5.39. The molecular formula is C33H28F4N6O2. The van der Waals surface area contributed by atoms with E-state index in [1.807, 2.05) is 60.7 Å². The van der Waals surface area contributed by atoms with Crippen molar-refractivity contribution in [3.63, 3.8) is 0 Å². The molecule has 0 saturated heterocycles. The first-order valence-corrected chi connectivity index (χ1v) is 14.0. The Kier molecular flexibility index (Phi) is 9.61. The van der Waals surface area contributed by atoms with Crippen LogP contribution in [0.2, 0.25) is 0 Å². The van der Waals surface area contributed by atoms with E-state index < -0.39 is 35.3 Å². The van der Waals surface area contributed by atoms with E-state index in [4.69, 9.17) is 0 Å². The van der Waals surface area contributed by atoms with Crippen LogP contribution in [-0.2, 0) is 11.3 Å². The average Bonchev–Trinajstić information content (AvgIpc) is 3.55. The number of benzene rings is 3. The van der Waals surface area contributed by atoms with E-state index in [1.165, 1.54) is 12.2 Å². The van der Waals surface area contributed by atoms with Gasteiger partial charge in [0.15, 0.2) is 0 Å². The quantitative estimate of drug-likeness (QED) is 0.156. The van der Waals surface area contributed by atoms with Crippen molar-refractivity contribution in [2.45, 2.75) is 25.1 Å². The highest BCUT2D eigenvalue weighted by Crippen LogP contribution is 2.35. The number of nitrogens with one attached hydrogen (secondary N) is 2. The van der Waals surface area contributed by atoms with Crippen molar-refractivity contribution in [3.8, 4) is 0 Å². The van der Waals surface area contributed by atoms with E-state index in [0.29, 0.717) is 17.2 Å². The molecule has 2 amide bonds. The van der Waals surface area contributed by atoms with Crippen molar-refractivity contribution in [3.05, 3.63) is 143 Å². The predicted molar refractivity (Wildman–Crippen MR) is 159 cm³/mol. The number of carbonyl (C=O) groups excluding carboxylic acids is 2. The lowest BCUT2D eigenvalue weighted by atomic mass is 9.90. The third-order valence-electron chi connectivity index (χ3n) is 7.23. The van der Waals surface area contributed by atoms with Gasteiger partial charge in [0.1, 0.15) is 5.83 Å². The number of halogens is 4. The number of aromatic nitrogens is 4. The molecule has 0 radical (unpaired) electrons. The van der Waals surface area contributed by atoms with E-state index in [2.05, 4.69) is 25.9 Å². The Morgan fingerprint density at radius 2 is 1.62 bits per heavy atom. The summed E-state index contributed by atoms with van der Waals surface area (Å²) >= 11 is 0. The zero-order valence-electron chi connectivity index (χ0n) is 23.8. The Balaban J connectivity index is 1.41. The number of H-pyrrole nitrogens is 1. The molecule has 1 atom stereocenters. The lowest BCUT2D eigenvalue weighted by Gasteiger charge is -2.28. The van der Waals surface area contributed by atoms with Crippen LogP contribution >= 0.6 is 0 Å². The minimum atomic E-state index is -4.70. The van der Waals surface area contributed by atoms with Crippen LogP contribution in [0.3, 0.4) is 0 Å². The van der Waals surface area contributed by atoms with Crippen molar-refractivity contribution in [2.24, 2.45) is 5.92 Å². The van der Waals surface area contributed by atoms with Crippen molar-refractivity contribution >= 4 is 17.8 Å². The van der Waals surface area contributed by atoms with Gasteiger partial charge in [0.25, 0.3) is 11.9 Å². The lowest BCUT2D eigenvalue weighted by Crippen LogP contribution is -2.33. The molecule has 0 spiro atoms. The Morgan fingerprint density at radius 3 is 2.20 bits per heavy atom. The lowest BCUT2D eigenvalue weighted by molar-refractivity contribution is -0.126. The molecule has 8 nitrogen and oxygen atoms in total. The largest absolute Gasteiger partial charge is 0.416 e. The van der Waals surface area contributed by atoms with E-state index >= 15 is 0 Å². The van der Waals surface area contributed by atoms with Crippen LogP contribution in [-0.4, -0.2) is 50.1 Å². The normalized spacial score (nSPS) is 15.1. The molecule has 4 aromatic rings. The second-order valence-electron chi connectivity index (χ2n) is 10.4. The molecule has 1 aromatic heterocycles. The van der Waals surface area contributed by atoms with Gasteiger partial charge in [0.05, 0.1) is 5.57 Å². The molecular weight excluding hydrogens is 588 g/mol. The van der Waals surface area contributed by atoms with Gasteiger partial charge in [0.2, 0.25) is 5.91 Å². The smallest absolute Gasteiger partial charge is 0.334 e. The fraction of sp³-hybridized carbons (Fsp3) is 0.182. The molecule has 0 aliphatic heterocycles. The Morgan fingerprint density at radius 1 is 0.978 bits per heavy atom. The molecule has 1 unspecified atom stereocenters. The zero-order valence-corrected chi connectivity index (χ0v) is 23.8. The summed E-state index contributed by atoms with van der Waals surface area (Å²) in [5, 5.41) is 15.5. The van der Waals surface area contributed by atoms with Gasteiger partial charge in [-0.1, -0.05) is 90.0 Å². The first-order chi connectivity index (χ1) is 21.7. The Labute approximate surface area is 256 Å². The number of hydrogen-bond acceptors (Lipinski definition) is 5. The molecule has 0 fully saturated rings. The molecule has 12 heteroatoms. The maximum atomic E-state index is 14.1. The second kappa shape index (κ2) is 13.9. The molecule has 45 heavy (non-hydrogen) atoms. The van der Waals surface area contributed by atoms with Crippen molar-refractivity contribution in [1.29, 1.82) is 0 Å². The molecule has 1 heterocycles. The van der Waals surface area contributed by atoms with Crippen LogP contribution in [0.4, 0.5) is 23.5 Å². The summed E-state index contributed by atoms with van der Waals surface area (Å²) in [6.07, 6.45) is -1.06. The summed E-state index contributed by atoms with van der Waals surface area (Å²) < 4.78 is 53.9. The van der Waals surface area contributed by atoms with Gasteiger partial charge in [-0.3, -0.25) is 14.9 Å². The van der Waals surface area contributed by atoms with Gasteiger partial charge >= 0.3 is 6.18 Å². The van der Waals surface area contributed by atoms with Crippen LogP contribution in [0.15, 0.2) is 121 Å². The van der Waals surface area contributed by atoms with Crippen LogP contribution < -0.4 is 5.32 Å². The fourth-order valence-corrected chi connectivity index (χ4v) is 5.00.